The molecule has 0 atom stereocenters. The Hall–Kier alpha value is -4.19. The highest BCUT2D eigenvalue weighted by molar-refractivity contribution is 7.17. The van der Waals surface area contributed by atoms with Crippen LogP contribution < -0.4 is 16.0 Å². The molecule has 0 saturated carbocycles. The molecule has 2 aromatic carbocycles. The topological polar surface area (TPSA) is 92.2 Å². The minimum absolute atomic E-state index is 0.00746. The second-order valence-corrected chi connectivity index (χ2v) is 8.35. The van der Waals surface area contributed by atoms with Crippen LogP contribution in [0.1, 0.15) is 11.5 Å². The monoisotopic (exact) mass is 500 g/mol. The van der Waals surface area contributed by atoms with Crippen molar-refractivity contribution in [3.63, 3.8) is 0 Å². The molecule has 0 radical (unpaired) electrons. The number of aromatic nitrogens is 4. The van der Waals surface area contributed by atoms with Crippen LogP contribution in [0.15, 0.2) is 74.1 Å². The molecule has 0 aliphatic rings. The van der Waals surface area contributed by atoms with Crippen molar-refractivity contribution >= 4 is 21.6 Å². The predicted octanol–water partition coefficient (Wildman–Crippen LogP) is 4.34. The molecule has 12 heteroatoms. The third-order valence-electron chi connectivity index (χ3n) is 5.29. The van der Waals surface area contributed by atoms with Crippen LogP contribution in [-0.4, -0.2) is 26.4 Å². The predicted molar refractivity (Wildman–Crippen MR) is 122 cm³/mol. The maximum Gasteiger partial charge on any atom is 0.416 e. The van der Waals surface area contributed by atoms with Crippen molar-refractivity contribution in [1.29, 1.82) is 0 Å². The molecule has 0 amide bonds. The van der Waals surface area contributed by atoms with Crippen LogP contribution in [0.5, 0.6) is 5.75 Å². The Morgan fingerprint density at radius 2 is 1.86 bits per heavy atom. The first-order chi connectivity index (χ1) is 16.8. The Morgan fingerprint density at radius 1 is 1.09 bits per heavy atom. The first-order valence-electron chi connectivity index (χ1n) is 10.1. The van der Waals surface area contributed by atoms with Gasteiger partial charge in [0.25, 0.3) is 5.56 Å². The van der Waals surface area contributed by atoms with Gasteiger partial charge in [0, 0.05) is 5.56 Å². The Balaban J connectivity index is 1.57. The summed E-state index contributed by atoms with van der Waals surface area (Å²) in [5.74, 6) is 0.503. The Kier molecular flexibility index (Phi) is 5.52. The van der Waals surface area contributed by atoms with Crippen LogP contribution in [0, 0.1) is 0 Å². The van der Waals surface area contributed by atoms with Gasteiger partial charge in [-0.05, 0) is 47.8 Å². The Labute approximate surface area is 198 Å². The van der Waals surface area contributed by atoms with Gasteiger partial charge in [0.2, 0.25) is 11.7 Å². The van der Waals surface area contributed by atoms with E-state index in [1.54, 1.807) is 35.7 Å². The van der Waals surface area contributed by atoms with Gasteiger partial charge >= 0.3 is 11.9 Å². The molecule has 0 unspecified atom stereocenters. The zero-order valence-corrected chi connectivity index (χ0v) is 18.8. The van der Waals surface area contributed by atoms with E-state index in [4.69, 9.17) is 9.26 Å². The molecule has 8 nitrogen and oxygen atoms in total. The van der Waals surface area contributed by atoms with Crippen molar-refractivity contribution in [2.75, 3.05) is 7.11 Å². The second-order valence-electron chi connectivity index (χ2n) is 7.43. The van der Waals surface area contributed by atoms with Gasteiger partial charge in [0.1, 0.15) is 17.0 Å². The van der Waals surface area contributed by atoms with E-state index in [0.717, 1.165) is 16.7 Å². The number of fused-ring (bicyclic) bond motifs is 1. The molecule has 3 heterocycles. The third kappa shape index (κ3) is 4.12. The molecule has 0 fully saturated rings. The number of rotatable bonds is 5. The molecule has 0 N–H and O–H groups in total. The van der Waals surface area contributed by atoms with Gasteiger partial charge in [0.15, 0.2) is 0 Å². The molecule has 0 aliphatic heterocycles. The van der Waals surface area contributed by atoms with Gasteiger partial charge in [-0.15, -0.1) is 11.3 Å². The van der Waals surface area contributed by atoms with Gasteiger partial charge in [-0.2, -0.15) is 18.2 Å². The van der Waals surface area contributed by atoms with Crippen LogP contribution >= 0.6 is 11.3 Å². The lowest BCUT2D eigenvalue weighted by Gasteiger charge is -2.11. The van der Waals surface area contributed by atoms with Gasteiger partial charge in [-0.3, -0.25) is 9.36 Å². The zero-order valence-electron chi connectivity index (χ0n) is 17.9. The minimum atomic E-state index is -4.52. The Bertz CT molecular complexity index is 1650. The van der Waals surface area contributed by atoms with Crippen molar-refractivity contribution in [2.24, 2.45) is 0 Å². The van der Waals surface area contributed by atoms with Gasteiger partial charge < -0.3 is 9.26 Å². The number of alkyl halides is 3. The van der Waals surface area contributed by atoms with Gasteiger partial charge in [-0.25, -0.2) is 9.36 Å². The number of nitrogens with zero attached hydrogens (tertiary/aromatic N) is 4. The molecular weight excluding hydrogens is 485 g/mol. The first-order valence-corrected chi connectivity index (χ1v) is 11.0. The summed E-state index contributed by atoms with van der Waals surface area (Å²) in [4.78, 5) is 30.6. The fraction of sp³-hybridized carbons (Fsp3) is 0.130. The van der Waals surface area contributed by atoms with Crippen LogP contribution in [0.3, 0.4) is 0 Å². The van der Waals surface area contributed by atoms with E-state index in [1.165, 1.54) is 35.1 Å². The number of halogens is 3. The average molecular weight is 500 g/mol. The summed E-state index contributed by atoms with van der Waals surface area (Å²) in [5, 5.41) is 5.45. The molecule has 178 valence electrons. The summed E-state index contributed by atoms with van der Waals surface area (Å²) < 4.78 is 52.2. The molecule has 5 rings (SSSR count). The molecule has 0 saturated heterocycles. The summed E-state index contributed by atoms with van der Waals surface area (Å²) in [6.45, 7) is -0.186. The second kappa shape index (κ2) is 8.55. The maximum absolute atomic E-state index is 13.4. The van der Waals surface area contributed by atoms with Crippen LogP contribution in [0.2, 0.25) is 0 Å². The average Bonchev–Trinajstić information content (AvgIpc) is 3.52. The van der Waals surface area contributed by atoms with Crippen LogP contribution in [0.25, 0.3) is 27.3 Å². The highest BCUT2D eigenvalue weighted by atomic mass is 32.1. The fourth-order valence-electron chi connectivity index (χ4n) is 3.61. The lowest BCUT2D eigenvalue weighted by molar-refractivity contribution is -0.137. The minimum Gasteiger partial charge on any atom is -0.497 e. The van der Waals surface area contributed by atoms with E-state index < -0.39 is 23.0 Å². The largest absolute Gasteiger partial charge is 0.497 e. The van der Waals surface area contributed by atoms with Crippen molar-refractivity contribution in [2.45, 2.75) is 12.7 Å². The lowest BCUT2D eigenvalue weighted by atomic mass is 10.1. The third-order valence-corrected chi connectivity index (χ3v) is 6.19. The number of hydrogen-bond acceptors (Lipinski definition) is 7. The SMILES string of the molecule is COc1ccc(-n2c(=O)c3sccc3n(Cc3nc(-c4cccc(C(F)(F)F)c4)no3)c2=O)cc1. The number of benzene rings is 2. The van der Waals surface area contributed by atoms with E-state index in [-0.39, 0.29) is 23.8 Å². The van der Waals surface area contributed by atoms with Crippen LogP contribution in [-0.2, 0) is 12.7 Å². The molecule has 0 aliphatic carbocycles. The highest BCUT2D eigenvalue weighted by Gasteiger charge is 2.31. The van der Waals surface area contributed by atoms with Crippen molar-refractivity contribution in [3.8, 4) is 22.8 Å². The summed E-state index contributed by atoms with van der Waals surface area (Å²) in [7, 11) is 1.50. The number of hydrogen-bond donors (Lipinski definition) is 0. The molecule has 3 aromatic heterocycles. The quantitative estimate of drug-likeness (QED) is 0.357. The number of ether oxygens (including phenoxy) is 1. The normalized spacial score (nSPS) is 11.8. The molecule has 0 spiro atoms. The maximum atomic E-state index is 13.4. The van der Waals surface area contributed by atoms with E-state index in [2.05, 4.69) is 10.1 Å². The Morgan fingerprint density at radius 3 is 2.57 bits per heavy atom. The lowest BCUT2D eigenvalue weighted by Crippen LogP contribution is -2.38. The van der Waals surface area contributed by atoms with E-state index >= 15 is 0 Å². The summed E-state index contributed by atoms with van der Waals surface area (Å²) in [6, 6.07) is 12.6. The fourth-order valence-corrected chi connectivity index (χ4v) is 4.43. The van der Waals surface area contributed by atoms with Gasteiger partial charge in [-0.1, -0.05) is 17.3 Å². The van der Waals surface area contributed by atoms with Crippen molar-refractivity contribution in [1.82, 2.24) is 19.3 Å². The molecule has 5 aromatic rings. The number of thiophene rings is 1. The smallest absolute Gasteiger partial charge is 0.416 e. The summed E-state index contributed by atoms with van der Waals surface area (Å²) >= 11 is 1.18. The molecule has 35 heavy (non-hydrogen) atoms. The highest BCUT2D eigenvalue weighted by Crippen LogP contribution is 2.31. The van der Waals surface area contributed by atoms with Gasteiger partial charge in [0.05, 0.1) is 23.9 Å². The first kappa shape index (κ1) is 22.6. The summed E-state index contributed by atoms with van der Waals surface area (Å²) in [5.41, 5.74) is -1.11. The zero-order chi connectivity index (χ0) is 24.7. The molecule has 0 bridgehead atoms. The van der Waals surface area contributed by atoms with E-state index in [1.807, 2.05) is 0 Å². The number of methoxy groups -OCH3 is 1. The van der Waals surface area contributed by atoms with E-state index in [9.17, 15) is 22.8 Å². The van der Waals surface area contributed by atoms with Crippen molar-refractivity contribution in [3.05, 3.63) is 92.3 Å². The standard InChI is InChI=1S/C23H15F3N4O4S/c1-33-16-7-5-15(6-8-16)30-21(31)19-17(9-10-35-19)29(22(30)32)12-18-27-20(28-34-18)13-3-2-4-14(11-13)23(24,25)26/h2-11H,12H2,1H3. The summed E-state index contributed by atoms with van der Waals surface area (Å²) in [6.07, 6.45) is -4.52. The van der Waals surface area contributed by atoms with Crippen molar-refractivity contribution < 1.29 is 22.4 Å². The molecular formula is C23H15F3N4O4S. The van der Waals surface area contributed by atoms with E-state index in [0.29, 0.717) is 21.7 Å². The van der Waals surface area contributed by atoms with Crippen LogP contribution in [0.4, 0.5) is 13.2 Å².